The van der Waals surface area contributed by atoms with E-state index in [4.69, 9.17) is 33.0 Å². The lowest BCUT2D eigenvalue weighted by Gasteiger charge is -2.18. The van der Waals surface area contributed by atoms with Gasteiger partial charge in [-0.25, -0.2) is 9.78 Å². The van der Waals surface area contributed by atoms with Crippen LogP contribution < -0.4 is 5.32 Å². The van der Waals surface area contributed by atoms with Crippen molar-refractivity contribution in [1.29, 1.82) is 0 Å². The van der Waals surface area contributed by atoms with Gasteiger partial charge in [-0.05, 0) is 12.1 Å². The molecule has 170 valence electrons. The van der Waals surface area contributed by atoms with Gasteiger partial charge in [0.25, 0.3) is 0 Å². The van der Waals surface area contributed by atoms with Gasteiger partial charge >= 0.3 is 11.9 Å². The second kappa shape index (κ2) is 11.4. The van der Waals surface area contributed by atoms with Gasteiger partial charge in [-0.15, -0.1) is 0 Å². The molecular formula is C20H19Cl2N3O7. The van der Waals surface area contributed by atoms with Gasteiger partial charge in [0.15, 0.2) is 24.0 Å². The van der Waals surface area contributed by atoms with Crippen molar-refractivity contribution in [2.45, 2.75) is 25.8 Å². The van der Waals surface area contributed by atoms with Gasteiger partial charge in [0, 0.05) is 24.7 Å². The molecule has 1 amide bonds. The van der Waals surface area contributed by atoms with Crippen molar-refractivity contribution in [3.63, 3.8) is 0 Å². The summed E-state index contributed by atoms with van der Waals surface area (Å²) in [4.78, 5) is 66.7. The number of aromatic amines is 1. The van der Waals surface area contributed by atoms with Crippen LogP contribution in [0.5, 0.6) is 0 Å². The number of esters is 1. The molecule has 0 aliphatic heterocycles. The Bertz CT molecular complexity index is 1000. The monoisotopic (exact) mass is 483 g/mol. The highest BCUT2D eigenvalue weighted by Crippen LogP contribution is 2.25. The fraction of sp³-hybridized carbons (Fsp3) is 0.300. The summed E-state index contributed by atoms with van der Waals surface area (Å²) in [5.41, 5.74) is -0.146. The summed E-state index contributed by atoms with van der Waals surface area (Å²) in [6.07, 6.45) is 1.88. The lowest BCUT2D eigenvalue weighted by Crippen LogP contribution is -2.46. The third-order valence-electron chi connectivity index (χ3n) is 4.30. The number of hydrogen-bond donors (Lipinski definition) is 3. The van der Waals surface area contributed by atoms with E-state index < -0.39 is 54.4 Å². The number of hydrogen-bond acceptors (Lipinski definition) is 7. The maximum Gasteiger partial charge on any atom is 0.341 e. The highest BCUT2D eigenvalue weighted by molar-refractivity contribution is 6.39. The maximum atomic E-state index is 12.4. The molecule has 2 aromatic rings. The molecular weight excluding hydrogens is 465 g/mol. The van der Waals surface area contributed by atoms with Crippen LogP contribution in [-0.4, -0.2) is 57.1 Å². The number of carbonyl (C=O) groups is 5. The molecule has 0 saturated carbocycles. The quantitative estimate of drug-likeness (QED) is 0.324. The van der Waals surface area contributed by atoms with Crippen LogP contribution in [0.1, 0.15) is 40.7 Å². The molecule has 0 spiro atoms. The number of aliphatic carboxylic acids is 1. The average Bonchev–Trinajstić information content (AvgIpc) is 3.26. The van der Waals surface area contributed by atoms with E-state index in [1.165, 1.54) is 37.5 Å². The molecule has 10 nitrogen and oxygen atoms in total. The van der Waals surface area contributed by atoms with E-state index in [0.717, 1.165) is 0 Å². The Morgan fingerprint density at radius 1 is 1.16 bits per heavy atom. The Labute approximate surface area is 192 Å². The summed E-state index contributed by atoms with van der Waals surface area (Å²) in [7, 11) is 0. The number of imidazole rings is 1. The van der Waals surface area contributed by atoms with Gasteiger partial charge in [0.05, 0.1) is 22.0 Å². The number of halogens is 2. The lowest BCUT2D eigenvalue weighted by molar-refractivity contribution is -0.141. The number of benzene rings is 1. The van der Waals surface area contributed by atoms with Crippen molar-refractivity contribution in [3.05, 3.63) is 52.0 Å². The molecule has 0 fully saturated rings. The molecule has 0 aliphatic carbocycles. The lowest BCUT2D eigenvalue weighted by atomic mass is 10.0. The minimum absolute atomic E-state index is 0.0142. The minimum Gasteiger partial charge on any atom is -0.481 e. The fourth-order valence-corrected chi connectivity index (χ4v) is 3.17. The molecule has 1 heterocycles. The molecule has 2 rings (SSSR count). The predicted octanol–water partition coefficient (Wildman–Crippen LogP) is 2.31. The van der Waals surface area contributed by atoms with Crippen molar-refractivity contribution >= 4 is 52.6 Å². The molecule has 2 atom stereocenters. The van der Waals surface area contributed by atoms with E-state index in [0.29, 0.717) is 0 Å². The second-order valence-electron chi connectivity index (χ2n) is 6.76. The Balaban J connectivity index is 1.99. The number of amides is 1. The number of nitrogens with one attached hydrogen (secondary N) is 2. The number of aromatic nitrogens is 2. The third kappa shape index (κ3) is 6.89. The first-order valence-electron chi connectivity index (χ1n) is 9.28. The first-order chi connectivity index (χ1) is 15.1. The maximum absolute atomic E-state index is 12.4. The number of nitrogens with zero attached hydrogens (tertiary/aromatic N) is 1. The van der Waals surface area contributed by atoms with Gasteiger partial charge in [0.1, 0.15) is 6.04 Å². The zero-order valence-corrected chi connectivity index (χ0v) is 18.3. The van der Waals surface area contributed by atoms with Crippen LogP contribution in [0.3, 0.4) is 0 Å². The van der Waals surface area contributed by atoms with Crippen LogP contribution in [-0.2, 0) is 19.1 Å². The van der Waals surface area contributed by atoms with Crippen molar-refractivity contribution in [1.82, 2.24) is 15.3 Å². The molecule has 0 saturated heterocycles. The van der Waals surface area contributed by atoms with Gasteiger partial charge < -0.3 is 20.1 Å². The Morgan fingerprint density at radius 3 is 2.38 bits per heavy atom. The number of carbonyl (C=O) groups excluding carboxylic acids is 4. The summed E-state index contributed by atoms with van der Waals surface area (Å²) >= 11 is 11.8. The minimum atomic E-state index is -1.48. The molecule has 1 aromatic heterocycles. The molecule has 3 N–H and O–H groups in total. The van der Waals surface area contributed by atoms with Gasteiger partial charge in [-0.3, -0.25) is 19.2 Å². The van der Waals surface area contributed by atoms with Crippen LogP contribution in [0.4, 0.5) is 0 Å². The fourth-order valence-electron chi connectivity index (χ4n) is 2.62. The van der Waals surface area contributed by atoms with E-state index in [1.807, 2.05) is 0 Å². The largest absolute Gasteiger partial charge is 0.481 e. The van der Waals surface area contributed by atoms with Crippen LogP contribution in [0, 0.1) is 5.92 Å². The molecule has 12 heteroatoms. The first kappa shape index (κ1) is 25.0. The number of ether oxygens (including phenoxy) is 1. The Hall–Kier alpha value is -3.24. The Kier molecular flexibility index (Phi) is 8.91. The number of carboxylic acids is 1. The summed E-state index contributed by atoms with van der Waals surface area (Å²) in [5, 5.41) is 11.4. The van der Waals surface area contributed by atoms with Crippen molar-refractivity contribution in [2.75, 3.05) is 6.61 Å². The van der Waals surface area contributed by atoms with Crippen LogP contribution in [0.15, 0.2) is 30.6 Å². The van der Waals surface area contributed by atoms with Gasteiger partial charge in [0.2, 0.25) is 5.91 Å². The normalized spacial score (nSPS) is 12.5. The average molecular weight is 484 g/mol. The molecule has 32 heavy (non-hydrogen) atoms. The molecule has 1 aromatic carbocycles. The highest BCUT2D eigenvalue weighted by Gasteiger charge is 2.28. The second-order valence-corrected chi connectivity index (χ2v) is 7.58. The molecule has 0 aliphatic rings. The summed E-state index contributed by atoms with van der Waals surface area (Å²) < 4.78 is 4.90. The van der Waals surface area contributed by atoms with E-state index in [-0.39, 0.29) is 27.9 Å². The third-order valence-corrected chi connectivity index (χ3v) is 4.93. The number of rotatable bonds is 11. The summed E-state index contributed by atoms with van der Waals surface area (Å²) in [5.74, 6) is -5.14. The number of H-pyrrole nitrogens is 1. The molecule has 1 unspecified atom stereocenters. The van der Waals surface area contributed by atoms with Crippen molar-refractivity contribution < 1.29 is 33.8 Å². The van der Waals surface area contributed by atoms with Crippen molar-refractivity contribution in [3.8, 4) is 0 Å². The van der Waals surface area contributed by atoms with E-state index in [9.17, 15) is 24.0 Å². The summed E-state index contributed by atoms with van der Waals surface area (Å²) in [6, 6.07) is 2.86. The number of carboxylic acid groups (broad SMARTS) is 1. The topological polar surface area (TPSA) is 156 Å². The van der Waals surface area contributed by atoms with E-state index >= 15 is 0 Å². The van der Waals surface area contributed by atoms with E-state index in [2.05, 4.69) is 15.3 Å². The summed E-state index contributed by atoms with van der Waals surface area (Å²) in [6.45, 7) is 0.621. The number of Topliss-reactive ketones (excluding diaryl/α,β-unsaturated/α-hetero) is 2. The van der Waals surface area contributed by atoms with Crippen LogP contribution in [0.2, 0.25) is 10.0 Å². The Morgan fingerprint density at radius 2 is 1.81 bits per heavy atom. The highest BCUT2D eigenvalue weighted by atomic mass is 35.5. The van der Waals surface area contributed by atoms with Gasteiger partial charge in [-0.1, -0.05) is 36.2 Å². The smallest absolute Gasteiger partial charge is 0.341 e. The van der Waals surface area contributed by atoms with Crippen molar-refractivity contribution in [2.24, 2.45) is 5.92 Å². The zero-order chi connectivity index (χ0) is 23.8. The molecule has 0 radical (unpaired) electrons. The van der Waals surface area contributed by atoms with E-state index in [1.54, 1.807) is 0 Å². The van der Waals surface area contributed by atoms with Crippen LogP contribution in [0.25, 0.3) is 0 Å². The predicted molar refractivity (Wildman–Crippen MR) is 113 cm³/mol. The SMILES string of the molecule is C[C@H](CC(=O)c1ncc[nH]1)C(=O)NC(CC(=O)O)C(=O)COC(=O)c1c(Cl)cccc1Cl. The number of ketones is 2. The standard InChI is InChI=1S/C20H19Cl2N3O7/c1-10(7-14(26)18-23-5-6-24-18)19(30)25-13(8-16(28)29)15(27)9-32-20(31)17-11(21)3-2-4-12(17)22/h2-6,10,13H,7-9H2,1H3,(H,23,24)(H,25,30)(H,28,29)/t10-,13?/m1/s1. The van der Waals surface area contributed by atoms with Crippen LogP contribution >= 0.6 is 23.2 Å². The zero-order valence-electron chi connectivity index (χ0n) is 16.8. The molecule has 0 bridgehead atoms. The van der Waals surface area contributed by atoms with Gasteiger partial charge in [-0.2, -0.15) is 0 Å². The first-order valence-corrected chi connectivity index (χ1v) is 10.0.